The first-order valence-corrected chi connectivity index (χ1v) is 39.5. The fraction of sp³-hybridized carbons (Fsp3) is 0.714. The van der Waals surface area contributed by atoms with Crippen molar-refractivity contribution in [1.82, 2.24) is 45.3 Å². The van der Waals surface area contributed by atoms with E-state index >= 15 is 0 Å². The number of amides is 6. The Kier molecular flexibility index (Phi) is 25.7. The number of fused-ring (bicyclic) bond motifs is 6. The van der Waals surface area contributed by atoms with Crippen LogP contribution < -0.4 is 16.0 Å². The molecule has 3 aromatic carbocycles. The minimum absolute atomic E-state index is 0. The number of likely N-dealkylation sites (tertiary alicyclic amines) is 6. The highest BCUT2D eigenvalue weighted by molar-refractivity contribution is 5.88. The van der Waals surface area contributed by atoms with E-state index in [1.165, 1.54) is 31.4 Å². The van der Waals surface area contributed by atoms with Gasteiger partial charge in [0.05, 0.1) is 18.1 Å². The largest absolute Gasteiger partial charge is 0.349 e. The lowest BCUT2D eigenvalue weighted by atomic mass is 9.63. The summed E-state index contributed by atoms with van der Waals surface area (Å²) in [6.45, 7) is 37.5. The smallest absolute Gasteiger partial charge is 0.243 e. The van der Waals surface area contributed by atoms with Gasteiger partial charge in [-0.2, -0.15) is 0 Å². The lowest BCUT2D eigenvalue weighted by molar-refractivity contribution is -0.141. The summed E-state index contributed by atoms with van der Waals surface area (Å²) in [5.41, 5.74) is 7.53. The molecule has 3 aliphatic carbocycles. The van der Waals surface area contributed by atoms with Crippen LogP contribution in [0.5, 0.6) is 0 Å². The minimum atomic E-state index is -0.392. The summed E-state index contributed by atoms with van der Waals surface area (Å²) in [4.78, 5) is 88.2. The molecule has 6 saturated heterocycles. The van der Waals surface area contributed by atoms with Crippen LogP contribution in [0.15, 0.2) is 54.6 Å². The molecule has 6 fully saturated rings. The Hall–Kier alpha value is -5.85. The molecule has 6 heterocycles. The van der Waals surface area contributed by atoms with E-state index in [4.69, 9.17) is 0 Å². The zero-order chi connectivity index (χ0) is 73.5. The van der Waals surface area contributed by atoms with Crippen molar-refractivity contribution in [3.63, 3.8) is 0 Å². The molecule has 570 valence electrons. The van der Waals surface area contributed by atoms with Crippen molar-refractivity contribution < 1.29 is 46.2 Å². The maximum absolute atomic E-state index is 14.4. The average molecular weight is 1420 g/mol. The number of nitrogens with zero attached hydrogens (tertiary/aromatic N) is 6. The van der Waals surface area contributed by atoms with Gasteiger partial charge in [0, 0.05) is 57.1 Å². The van der Waals surface area contributed by atoms with Crippen LogP contribution in [0.2, 0.25) is 0 Å². The lowest BCUT2D eigenvalue weighted by Gasteiger charge is -2.48. The second-order valence-corrected chi connectivity index (χ2v) is 36.0. The topological polar surface area (TPSA) is 158 Å². The van der Waals surface area contributed by atoms with Crippen molar-refractivity contribution in [1.29, 1.82) is 0 Å². The predicted octanol–water partition coefficient (Wildman–Crippen LogP) is 15.4. The number of nitrogens with one attached hydrogen (secondary N) is 3. The van der Waals surface area contributed by atoms with Crippen LogP contribution in [0.4, 0.5) is 13.2 Å². The summed E-state index contributed by atoms with van der Waals surface area (Å²) in [5.74, 6) is -0.685. The summed E-state index contributed by atoms with van der Waals surface area (Å²) in [7, 11) is 0. The van der Waals surface area contributed by atoms with Gasteiger partial charge in [-0.1, -0.05) is 80.5 Å². The molecule has 15 nitrogen and oxygen atoms in total. The van der Waals surface area contributed by atoms with E-state index in [2.05, 4.69) is 93.0 Å². The molecule has 18 heteroatoms. The zero-order valence-corrected chi connectivity index (χ0v) is 64.4. The van der Waals surface area contributed by atoms with Crippen LogP contribution in [0.25, 0.3) is 0 Å². The fourth-order valence-corrected chi connectivity index (χ4v) is 18.6. The van der Waals surface area contributed by atoms with Gasteiger partial charge in [-0.3, -0.25) is 28.8 Å². The summed E-state index contributed by atoms with van der Waals surface area (Å²) in [5, 5.41) is 9.80. The van der Waals surface area contributed by atoms with Crippen LogP contribution in [0, 0.1) is 39.6 Å². The number of carbonyl (C=O) groups excluding carboxylic acids is 6. The molecule has 0 unspecified atom stereocenters. The number of benzene rings is 3. The SMILES string of the molecule is CC(=O)N1CCC(C(=O)N[C@H]2CCC3(CCN(CCC(C)(C)C)CC3)c3cc(F)ccc32)CC1.CC(=O)N1CCCC[C@@H]1C(=O)N[C@H]1CCC2(CCN(CCC(C)(C)C)CC2)c2cc(F)ccc21.CC(=O)N1CCCC[C@H]1C(=O)N[C@H]1CCC2(CCN(CCC(C)(C)C)CC2)c2cc(F)ccc21.[HH].[HH].[HH]. The Bertz CT molecular complexity index is 3270. The Labute approximate surface area is 614 Å². The molecule has 0 bridgehead atoms. The van der Waals surface area contributed by atoms with Crippen LogP contribution in [-0.4, -0.2) is 162 Å². The van der Waals surface area contributed by atoms with Gasteiger partial charge in [0.1, 0.15) is 29.5 Å². The molecule has 3 N–H and O–H groups in total. The van der Waals surface area contributed by atoms with Crippen molar-refractivity contribution in [3.8, 4) is 0 Å². The Balaban J connectivity index is 0.000000217. The van der Waals surface area contributed by atoms with Gasteiger partial charge >= 0.3 is 0 Å². The molecular weight excluding hydrogens is 1290 g/mol. The molecule has 0 radical (unpaired) electrons. The third kappa shape index (κ3) is 19.8. The Morgan fingerprint density at radius 1 is 0.392 bits per heavy atom. The second kappa shape index (κ2) is 33.3. The van der Waals surface area contributed by atoms with Gasteiger partial charge in [-0.25, -0.2) is 13.2 Å². The standard InChI is InChI=1S/3C28H42FN3O2.3H2/c1-20(33)32-14-8-21(9-15-32)26(34)30-25-7-10-28(24-19-22(29)5-6-23(24)25)12-17-31(18-13-28)16-11-27(2,3)4;2*1-20(33)32-15-6-5-7-25(32)26(34)30-24-10-11-28(23-19-21(29)8-9-22(23)24)13-17-31(18-14-28)16-12-27(2,3)4;;;/h5-6,19,21,25H,7-18H2,1-4H3,(H,30,34);2*8-9,19,24-25H,5-7,10-18H2,1-4H3,(H,30,34);3*1H/t25-;24-,25+;24-,25-;;;/m000.../s1. The normalized spacial score (nSPS) is 24.6. The second-order valence-electron chi connectivity index (χ2n) is 36.0. The van der Waals surface area contributed by atoms with Gasteiger partial charge in [0.2, 0.25) is 35.4 Å². The van der Waals surface area contributed by atoms with E-state index < -0.39 is 12.1 Å². The van der Waals surface area contributed by atoms with Gasteiger partial charge < -0.3 is 45.3 Å². The molecule has 3 aromatic rings. The van der Waals surface area contributed by atoms with E-state index in [1.54, 1.807) is 54.8 Å². The zero-order valence-electron chi connectivity index (χ0n) is 64.4. The Morgan fingerprint density at radius 2 is 0.696 bits per heavy atom. The van der Waals surface area contributed by atoms with E-state index in [1.807, 2.05) is 23.1 Å². The maximum atomic E-state index is 14.4. The first kappa shape index (κ1) is 78.7. The van der Waals surface area contributed by atoms with E-state index in [9.17, 15) is 41.9 Å². The first-order valence-electron chi connectivity index (χ1n) is 39.5. The van der Waals surface area contributed by atoms with Crippen molar-refractivity contribution >= 4 is 35.4 Å². The average Bonchev–Trinajstić information content (AvgIpc) is 0.761. The van der Waals surface area contributed by atoms with Crippen LogP contribution in [0.3, 0.4) is 0 Å². The summed E-state index contributed by atoms with van der Waals surface area (Å²) in [6, 6.07) is 14.4. The van der Waals surface area contributed by atoms with E-state index in [0.717, 1.165) is 195 Å². The van der Waals surface area contributed by atoms with Crippen molar-refractivity contribution in [2.45, 2.75) is 277 Å². The summed E-state index contributed by atoms with van der Waals surface area (Å²) in [6.07, 6.45) is 22.0. The highest BCUT2D eigenvalue weighted by Crippen LogP contribution is 2.52. The molecule has 5 atom stereocenters. The molecular formula is C84H132F3N9O6. The van der Waals surface area contributed by atoms with Gasteiger partial charge in [0.15, 0.2) is 0 Å². The number of halogens is 3. The number of rotatable bonds is 12. The lowest BCUT2D eigenvalue weighted by Crippen LogP contribution is -2.53. The molecule has 3 spiro atoms. The fourth-order valence-electron chi connectivity index (χ4n) is 18.6. The number of hydrogen-bond donors (Lipinski definition) is 3. The van der Waals surface area contributed by atoms with Gasteiger partial charge in [-0.05, 0) is 309 Å². The van der Waals surface area contributed by atoms with Crippen molar-refractivity contribution in [2.24, 2.45) is 22.2 Å². The maximum Gasteiger partial charge on any atom is 0.243 e. The van der Waals surface area contributed by atoms with Crippen LogP contribution in [0.1, 0.15) is 287 Å². The molecule has 0 aromatic heterocycles. The monoisotopic (exact) mass is 1420 g/mol. The minimum Gasteiger partial charge on any atom is -0.349 e. The van der Waals surface area contributed by atoms with E-state index in [-0.39, 0.29) is 97.5 Å². The molecule has 102 heavy (non-hydrogen) atoms. The first-order chi connectivity index (χ1) is 48.2. The summed E-state index contributed by atoms with van der Waals surface area (Å²) < 4.78 is 43.3. The van der Waals surface area contributed by atoms with Crippen LogP contribution in [-0.2, 0) is 45.0 Å². The third-order valence-electron chi connectivity index (χ3n) is 25.3. The van der Waals surface area contributed by atoms with E-state index in [0.29, 0.717) is 68.1 Å². The number of hydrogen-bond acceptors (Lipinski definition) is 9. The highest BCUT2D eigenvalue weighted by Gasteiger charge is 2.47. The number of carbonyl (C=O) groups is 6. The Morgan fingerprint density at radius 3 is 0.980 bits per heavy atom. The van der Waals surface area contributed by atoms with Crippen LogP contribution >= 0.6 is 0 Å². The van der Waals surface area contributed by atoms with Crippen molar-refractivity contribution in [3.05, 3.63) is 105 Å². The molecule has 6 aliphatic heterocycles. The highest BCUT2D eigenvalue weighted by atomic mass is 19.1. The quantitative estimate of drug-likeness (QED) is 0.161. The van der Waals surface area contributed by atoms with Gasteiger partial charge in [-0.15, -0.1) is 0 Å². The molecule has 12 rings (SSSR count). The molecule has 6 amide bonds. The third-order valence-corrected chi connectivity index (χ3v) is 25.3. The summed E-state index contributed by atoms with van der Waals surface area (Å²) >= 11 is 0. The molecule has 9 aliphatic rings. The van der Waals surface area contributed by atoms with Crippen molar-refractivity contribution in [2.75, 3.05) is 85.1 Å². The predicted molar refractivity (Wildman–Crippen MR) is 405 cm³/mol. The van der Waals surface area contributed by atoms with Gasteiger partial charge in [0.25, 0.3) is 0 Å². The molecule has 0 saturated carbocycles. The number of piperidine rings is 6.